The molecule has 1 nitrogen and oxygen atoms in total. The molecule has 0 radical (unpaired) electrons. The first kappa shape index (κ1) is 32.5. The number of nitrogens with zero attached hydrogens (tertiary/aromatic N) is 1. The van der Waals surface area contributed by atoms with Gasteiger partial charge in [0.2, 0.25) is 0 Å². The van der Waals surface area contributed by atoms with Gasteiger partial charge in [-0.15, -0.1) is 11.3 Å². The fourth-order valence-corrected chi connectivity index (χ4v) is 11.0. The van der Waals surface area contributed by atoms with Crippen molar-refractivity contribution in [3.05, 3.63) is 188 Å². The van der Waals surface area contributed by atoms with Crippen LogP contribution in [0.4, 0.5) is 17.1 Å². The average molecular weight is 724 g/mol. The maximum absolute atomic E-state index is 2.46. The van der Waals surface area contributed by atoms with Crippen LogP contribution in [0.3, 0.4) is 0 Å². The molecular formula is C53H41NS. The monoisotopic (exact) mass is 723 g/mol. The van der Waals surface area contributed by atoms with Crippen molar-refractivity contribution < 1.29 is 0 Å². The van der Waals surface area contributed by atoms with E-state index in [4.69, 9.17) is 0 Å². The minimum atomic E-state index is 0.718. The smallest absolute Gasteiger partial charge is 0.0468 e. The Balaban J connectivity index is 1.02. The zero-order valence-corrected chi connectivity index (χ0v) is 31.6. The normalized spacial score (nSPS) is 17.7. The van der Waals surface area contributed by atoms with Crippen molar-refractivity contribution in [3.8, 4) is 33.4 Å². The van der Waals surface area contributed by atoms with Crippen molar-refractivity contribution in [2.24, 2.45) is 11.8 Å². The van der Waals surface area contributed by atoms with E-state index in [0.29, 0.717) is 0 Å². The fourth-order valence-electron chi connectivity index (χ4n) is 9.91. The third-order valence-electron chi connectivity index (χ3n) is 12.6. The summed E-state index contributed by atoms with van der Waals surface area (Å²) in [4.78, 5) is 2.46. The largest absolute Gasteiger partial charge is 0.310 e. The van der Waals surface area contributed by atoms with E-state index in [0.717, 1.165) is 23.4 Å². The molecule has 0 saturated heterocycles. The van der Waals surface area contributed by atoms with Gasteiger partial charge in [-0.1, -0.05) is 140 Å². The van der Waals surface area contributed by atoms with Crippen LogP contribution in [0.15, 0.2) is 182 Å². The number of hydrogen-bond donors (Lipinski definition) is 0. The van der Waals surface area contributed by atoms with E-state index >= 15 is 0 Å². The minimum absolute atomic E-state index is 0.718. The fraction of sp³-hybridized carbons (Fsp3) is 0.132. The van der Waals surface area contributed by atoms with Crippen molar-refractivity contribution in [2.45, 2.75) is 31.6 Å². The van der Waals surface area contributed by atoms with Crippen molar-refractivity contribution in [2.75, 3.05) is 4.90 Å². The van der Waals surface area contributed by atoms with Gasteiger partial charge >= 0.3 is 0 Å². The van der Waals surface area contributed by atoms with Gasteiger partial charge in [0.1, 0.15) is 0 Å². The van der Waals surface area contributed by atoms with E-state index in [-0.39, 0.29) is 0 Å². The summed E-state index contributed by atoms with van der Waals surface area (Å²) >= 11 is 1.89. The number of benzene rings is 8. The zero-order valence-electron chi connectivity index (χ0n) is 30.7. The minimum Gasteiger partial charge on any atom is -0.310 e. The van der Waals surface area contributed by atoms with Crippen LogP contribution in [0.5, 0.6) is 0 Å². The Hall–Kier alpha value is -5.96. The second kappa shape index (κ2) is 13.4. The standard InChI is InChI=1S/C53H41NS/c1-2-8-36(9-3-1)37-18-20-40(21-19-37)48-14-7-15-52-53(48)50-34-45(30-31-51(50)55-52)54(44-28-24-41(25-29-44)49-33-35-16-17-42(49)32-35)43-26-22-39(23-27-43)47-13-6-11-38-10-4-5-12-46(38)47/h1-15,18-31,34-35,42,49H,16-17,32-33H2. The molecule has 3 unspecified atom stereocenters. The molecule has 264 valence electrons. The molecular weight excluding hydrogens is 683 g/mol. The summed E-state index contributed by atoms with van der Waals surface area (Å²) in [7, 11) is 0. The summed E-state index contributed by atoms with van der Waals surface area (Å²) in [5, 5.41) is 5.18. The lowest BCUT2D eigenvalue weighted by Gasteiger charge is -2.27. The van der Waals surface area contributed by atoms with Gasteiger partial charge in [-0.2, -0.15) is 0 Å². The van der Waals surface area contributed by atoms with Gasteiger partial charge in [0.25, 0.3) is 0 Å². The quantitative estimate of drug-likeness (QED) is 0.158. The maximum atomic E-state index is 2.46. The molecule has 0 N–H and O–H groups in total. The third-order valence-corrected chi connectivity index (χ3v) is 13.7. The van der Waals surface area contributed by atoms with Crippen LogP contribution in [-0.4, -0.2) is 0 Å². The summed E-state index contributed by atoms with van der Waals surface area (Å²) in [6.45, 7) is 0. The molecule has 1 aromatic heterocycles. The summed E-state index contributed by atoms with van der Waals surface area (Å²) in [5.41, 5.74) is 12.5. The molecule has 0 amide bonds. The van der Waals surface area contributed by atoms with Gasteiger partial charge in [0.05, 0.1) is 0 Å². The average Bonchev–Trinajstić information content (AvgIpc) is 4.00. The molecule has 2 heteroatoms. The van der Waals surface area contributed by atoms with Crippen LogP contribution >= 0.6 is 11.3 Å². The number of anilines is 3. The Kier molecular flexibility index (Phi) is 7.92. The van der Waals surface area contributed by atoms with Crippen molar-refractivity contribution in [1.29, 1.82) is 0 Å². The summed E-state index contributed by atoms with van der Waals surface area (Å²) in [6.07, 6.45) is 5.63. The topological polar surface area (TPSA) is 3.24 Å². The van der Waals surface area contributed by atoms with E-state index < -0.39 is 0 Å². The van der Waals surface area contributed by atoms with E-state index in [1.807, 2.05) is 11.3 Å². The Morgan fingerprint density at radius 2 is 1.07 bits per heavy atom. The van der Waals surface area contributed by atoms with Crippen LogP contribution in [0, 0.1) is 11.8 Å². The number of thiophene rings is 1. The van der Waals surface area contributed by atoms with Crippen LogP contribution in [0.1, 0.15) is 37.2 Å². The summed E-state index contributed by atoms with van der Waals surface area (Å²) in [5.74, 6) is 2.52. The molecule has 55 heavy (non-hydrogen) atoms. The Morgan fingerprint density at radius 3 is 1.85 bits per heavy atom. The summed E-state index contributed by atoms with van der Waals surface area (Å²) < 4.78 is 2.63. The first-order valence-electron chi connectivity index (χ1n) is 19.8. The number of fused-ring (bicyclic) bond motifs is 6. The molecule has 8 aromatic carbocycles. The van der Waals surface area contributed by atoms with Crippen molar-refractivity contribution in [1.82, 2.24) is 0 Å². The van der Waals surface area contributed by atoms with E-state index in [1.165, 1.54) is 107 Å². The van der Waals surface area contributed by atoms with E-state index in [9.17, 15) is 0 Å². The number of rotatable bonds is 7. The highest BCUT2D eigenvalue weighted by Gasteiger charge is 2.40. The van der Waals surface area contributed by atoms with Gasteiger partial charge in [0, 0.05) is 37.2 Å². The molecule has 2 bridgehead atoms. The van der Waals surface area contributed by atoms with Gasteiger partial charge in [-0.05, 0) is 135 Å². The zero-order chi connectivity index (χ0) is 36.3. The van der Waals surface area contributed by atoms with Crippen LogP contribution in [0.2, 0.25) is 0 Å². The highest BCUT2D eigenvalue weighted by Crippen LogP contribution is 2.53. The molecule has 2 saturated carbocycles. The lowest BCUT2D eigenvalue weighted by Crippen LogP contribution is -2.11. The lowest BCUT2D eigenvalue weighted by molar-refractivity contribution is 0.420. The molecule has 3 atom stereocenters. The molecule has 2 fully saturated rings. The SMILES string of the molecule is c1ccc(-c2ccc(-c3cccc4sc5ccc(N(c6ccc(-c7cccc8ccccc78)cc6)c6ccc(C7CC8CCC7C8)cc6)cc5c34)cc2)cc1. The van der Waals surface area contributed by atoms with Gasteiger partial charge < -0.3 is 4.90 Å². The Labute approximate surface area is 327 Å². The molecule has 0 spiro atoms. The molecule has 11 rings (SSSR count). The third kappa shape index (κ3) is 5.75. The van der Waals surface area contributed by atoms with E-state index in [1.54, 1.807) is 0 Å². The van der Waals surface area contributed by atoms with Crippen LogP contribution < -0.4 is 4.90 Å². The van der Waals surface area contributed by atoms with E-state index in [2.05, 4.69) is 187 Å². The molecule has 0 aliphatic heterocycles. The predicted molar refractivity (Wildman–Crippen MR) is 236 cm³/mol. The second-order valence-electron chi connectivity index (χ2n) is 15.7. The van der Waals surface area contributed by atoms with Crippen LogP contribution in [-0.2, 0) is 0 Å². The lowest BCUT2D eigenvalue weighted by atomic mass is 9.83. The Bertz CT molecular complexity index is 2810. The van der Waals surface area contributed by atoms with Crippen molar-refractivity contribution in [3.63, 3.8) is 0 Å². The van der Waals surface area contributed by atoms with Gasteiger partial charge in [-0.3, -0.25) is 0 Å². The first-order valence-corrected chi connectivity index (χ1v) is 20.6. The van der Waals surface area contributed by atoms with Gasteiger partial charge in [0.15, 0.2) is 0 Å². The maximum Gasteiger partial charge on any atom is 0.0468 e. The molecule has 2 aliphatic carbocycles. The second-order valence-corrected chi connectivity index (χ2v) is 16.8. The Morgan fingerprint density at radius 1 is 0.436 bits per heavy atom. The highest BCUT2D eigenvalue weighted by molar-refractivity contribution is 7.26. The molecule has 1 heterocycles. The number of hydrogen-bond acceptors (Lipinski definition) is 2. The van der Waals surface area contributed by atoms with Gasteiger partial charge in [-0.25, -0.2) is 0 Å². The summed E-state index contributed by atoms with van der Waals surface area (Å²) in [6, 6.07) is 67.7. The van der Waals surface area contributed by atoms with Crippen molar-refractivity contribution >= 4 is 59.3 Å². The molecule has 9 aromatic rings. The molecule has 2 aliphatic rings. The predicted octanol–water partition coefficient (Wildman–Crippen LogP) is 15.6. The first-order chi connectivity index (χ1) is 27.2. The highest BCUT2D eigenvalue weighted by atomic mass is 32.1. The van der Waals surface area contributed by atoms with Crippen LogP contribution in [0.25, 0.3) is 64.3 Å².